The Morgan fingerprint density at radius 3 is 1.12 bits per heavy atom. The molecule has 0 amide bonds. The fourth-order valence-corrected chi connectivity index (χ4v) is 5.59. The highest BCUT2D eigenvalue weighted by molar-refractivity contribution is 8.13. The molecule has 0 rings (SSSR count). The Balaban J connectivity index is 4.26. The highest BCUT2D eigenvalue weighted by Crippen LogP contribution is 2.30. The average molecular weight is 519 g/mol. The van der Waals surface area contributed by atoms with Crippen LogP contribution in [-0.4, -0.2) is 43.9 Å². The van der Waals surface area contributed by atoms with Crippen LogP contribution in [0.3, 0.4) is 0 Å². The molecular weight excluding hydrogens is 472 g/mol. The monoisotopic (exact) mass is 518 g/mol. The van der Waals surface area contributed by atoms with Crippen molar-refractivity contribution in [1.29, 1.82) is 0 Å². The molecule has 0 aromatic carbocycles. The first kappa shape index (κ1) is 33.0. The summed E-state index contributed by atoms with van der Waals surface area (Å²) in [6, 6.07) is 0. The number of unbranched alkanes of at least 4 members (excludes halogenated alkanes) is 10. The number of carboxylic acids is 2. The molecule has 0 spiro atoms. The molecule has 0 aliphatic carbocycles. The molecule has 0 bridgehead atoms. The lowest BCUT2D eigenvalue weighted by atomic mass is 9.80. The van der Waals surface area contributed by atoms with Gasteiger partial charge < -0.3 is 10.2 Å². The summed E-state index contributed by atoms with van der Waals surface area (Å²) < 4.78 is 0. The zero-order valence-corrected chi connectivity index (χ0v) is 22.9. The first-order valence-electron chi connectivity index (χ1n) is 12.9. The second-order valence-corrected chi connectivity index (χ2v) is 11.8. The van der Waals surface area contributed by atoms with E-state index < -0.39 is 11.9 Å². The van der Waals surface area contributed by atoms with E-state index in [9.17, 15) is 29.4 Å². The van der Waals surface area contributed by atoms with Crippen LogP contribution in [0, 0.1) is 11.8 Å². The van der Waals surface area contributed by atoms with Gasteiger partial charge in [-0.15, -0.1) is 0 Å². The molecule has 0 radical (unpaired) electrons. The fourth-order valence-electron chi connectivity index (χ4n) is 4.32. The highest BCUT2D eigenvalue weighted by Gasteiger charge is 2.25. The van der Waals surface area contributed by atoms with Crippen LogP contribution in [0.2, 0.25) is 0 Å². The van der Waals surface area contributed by atoms with Gasteiger partial charge in [0.2, 0.25) is 0 Å². The van der Waals surface area contributed by atoms with Crippen LogP contribution in [0.1, 0.15) is 117 Å². The second-order valence-electron chi connectivity index (χ2n) is 9.22. The standard InChI is InChI=1S/C26H46O6S2/c1-21(27)33-17-13-9-5-3-7-11-15-23(19-25(29)30)24(20-26(31)32)16-12-8-4-6-10-14-18-34-22(2)28/h23-24H,3-20H2,1-2H3,(H,29,30)(H,31,32). The minimum atomic E-state index is -0.841. The van der Waals surface area contributed by atoms with E-state index in [1.165, 1.54) is 23.5 Å². The van der Waals surface area contributed by atoms with Gasteiger partial charge in [-0.1, -0.05) is 87.7 Å². The van der Waals surface area contributed by atoms with E-state index in [2.05, 4.69) is 0 Å². The van der Waals surface area contributed by atoms with Crippen LogP contribution in [-0.2, 0) is 19.2 Å². The highest BCUT2D eigenvalue weighted by atomic mass is 32.2. The lowest BCUT2D eigenvalue weighted by Gasteiger charge is -2.25. The molecule has 6 nitrogen and oxygen atoms in total. The van der Waals surface area contributed by atoms with Gasteiger partial charge in [0, 0.05) is 38.2 Å². The summed E-state index contributed by atoms with van der Waals surface area (Å²) in [7, 11) is 0. The summed E-state index contributed by atoms with van der Waals surface area (Å²) in [6.07, 6.45) is 14.3. The van der Waals surface area contributed by atoms with Crippen LogP contribution in [0.15, 0.2) is 0 Å². The third-order valence-corrected chi connectivity index (χ3v) is 7.89. The van der Waals surface area contributed by atoms with Gasteiger partial charge in [-0.05, 0) is 37.5 Å². The zero-order chi connectivity index (χ0) is 25.6. The summed E-state index contributed by atoms with van der Waals surface area (Å²) in [4.78, 5) is 44.7. The molecule has 0 aromatic heterocycles. The minimum Gasteiger partial charge on any atom is -0.481 e. The van der Waals surface area contributed by atoms with Crippen molar-refractivity contribution in [2.45, 2.75) is 117 Å². The third kappa shape index (κ3) is 22.8. The summed E-state index contributed by atoms with van der Waals surface area (Å²) in [5.74, 6) is -0.0793. The van der Waals surface area contributed by atoms with Gasteiger partial charge in [0.15, 0.2) is 10.2 Å². The molecule has 2 unspecified atom stereocenters. The number of rotatable bonds is 23. The first-order chi connectivity index (χ1) is 16.2. The van der Waals surface area contributed by atoms with E-state index >= 15 is 0 Å². The molecular formula is C26H46O6S2. The lowest BCUT2D eigenvalue weighted by Crippen LogP contribution is -2.21. The molecule has 0 fully saturated rings. The zero-order valence-electron chi connectivity index (χ0n) is 21.2. The number of aliphatic carboxylic acids is 2. The van der Waals surface area contributed by atoms with Crippen LogP contribution < -0.4 is 0 Å². The lowest BCUT2D eigenvalue weighted by molar-refractivity contribution is -0.142. The van der Waals surface area contributed by atoms with Crippen molar-refractivity contribution >= 4 is 45.7 Å². The van der Waals surface area contributed by atoms with Crippen molar-refractivity contribution in [3.63, 3.8) is 0 Å². The fraction of sp³-hybridized carbons (Fsp3) is 0.846. The molecule has 8 heteroatoms. The van der Waals surface area contributed by atoms with Crippen molar-refractivity contribution < 1.29 is 29.4 Å². The summed E-state index contributed by atoms with van der Waals surface area (Å²) in [6.45, 7) is 3.19. The van der Waals surface area contributed by atoms with Crippen molar-refractivity contribution in [3.05, 3.63) is 0 Å². The summed E-state index contributed by atoms with van der Waals surface area (Å²) in [5.41, 5.74) is 0. The largest absolute Gasteiger partial charge is 0.481 e. The van der Waals surface area contributed by atoms with Gasteiger partial charge >= 0.3 is 11.9 Å². The molecule has 0 aromatic rings. The van der Waals surface area contributed by atoms with Crippen molar-refractivity contribution in [2.24, 2.45) is 11.8 Å². The number of carbonyl (C=O) groups is 4. The number of thioether (sulfide) groups is 2. The van der Waals surface area contributed by atoms with Gasteiger partial charge in [-0.2, -0.15) is 0 Å². The maximum absolute atomic E-state index is 11.4. The van der Waals surface area contributed by atoms with E-state index in [1.54, 1.807) is 13.8 Å². The predicted octanol–water partition coefficient (Wildman–Crippen LogP) is 7.19. The normalized spacial score (nSPS) is 12.9. The van der Waals surface area contributed by atoms with Crippen molar-refractivity contribution in [3.8, 4) is 0 Å². The molecule has 198 valence electrons. The van der Waals surface area contributed by atoms with Gasteiger partial charge in [0.05, 0.1) is 0 Å². The maximum atomic E-state index is 11.4. The van der Waals surface area contributed by atoms with Crippen LogP contribution >= 0.6 is 23.5 Å². The van der Waals surface area contributed by atoms with E-state index in [4.69, 9.17) is 0 Å². The van der Waals surface area contributed by atoms with Gasteiger partial charge in [0.25, 0.3) is 0 Å². The predicted molar refractivity (Wildman–Crippen MR) is 142 cm³/mol. The molecule has 2 atom stereocenters. The van der Waals surface area contributed by atoms with Crippen molar-refractivity contribution in [1.82, 2.24) is 0 Å². The molecule has 0 saturated heterocycles. The van der Waals surface area contributed by atoms with E-state index in [0.29, 0.717) is 0 Å². The van der Waals surface area contributed by atoms with Crippen LogP contribution in [0.4, 0.5) is 0 Å². The number of carboxylic acid groups (broad SMARTS) is 2. The Hall–Kier alpha value is -1.02. The van der Waals surface area contributed by atoms with Crippen molar-refractivity contribution in [2.75, 3.05) is 11.5 Å². The SMILES string of the molecule is CC(=O)SCCCCCCCCC(CC(=O)O)C(CCCCCCCCSC(C)=O)CC(=O)O. The molecule has 34 heavy (non-hydrogen) atoms. The Kier molecular flexibility index (Phi) is 21.8. The molecule has 0 aliphatic heterocycles. The van der Waals surface area contributed by atoms with Gasteiger partial charge in [0.1, 0.15) is 0 Å². The smallest absolute Gasteiger partial charge is 0.303 e. The Labute approximate surface area is 214 Å². The van der Waals surface area contributed by atoms with E-state index in [0.717, 1.165) is 101 Å². The molecule has 0 aliphatic rings. The topological polar surface area (TPSA) is 109 Å². The Morgan fingerprint density at radius 1 is 0.529 bits per heavy atom. The van der Waals surface area contributed by atoms with Crippen LogP contribution in [0.25, 0.3) is 0 Å². The summed E-state index contributed by atoms with van der Waals surface area (Å²) >= 11 is 2.75. The molecule has 2 N–H and O–H groups in total. The average Bonchev–Trinajstić information content (AvgIpc) is 2.74. The molecule has 0 saturated carbocycles. The number of hydrogen-bond donors (Lipinski definition) is 2. The minimum absolute atomic E-state index is 0.0496. The Morgan fingerprint density at radius 2 is 0.824 bits per heavy atom. The number of hydrogen-bond acceptors (Lipinski definition) is 6. The van der Waals surface area contributed by atoms with Crippen LogP contribution in [0.5, 0.6) is 0 Å². The quantitative estimate of drug-likeness (QED) is 0.137. The Bertz CT molecular complexity index is 532. The first-order valence-corrected chi connectivity index (χ1v) is 14.9. The number of carbonyl (C=O) groups excluding carboxylic acids is 2. The second kappa shape index (κ2) is 22.4. The maximum Gasteiger partial charge on any atom is 0.303 e. The molecule has 0 heterocycles. The van der Waals surface area contributed by atoms with Gasteiger partial charge in [-0.25, -0.2) is 0 Å². The third-order valence-electron chi connectivity index (χ3n) is 6.09. The van der Waals surface area contributed by atoms with E-state index in [1.807, 2.05) is 0 Å². The summed E-state index contributed by atoms with van der Waals surface area (Å²) in [5, 5.41) is 19.1. The van der Waals surface area contributed by atoms with Gasteiger partial charge in [-0.3, -0.25) is 19.2 Å². The van der Waals surface area contributed by atoms with E-state index in [-0.39, 0.29) is 34.9 Å².